The van der Waals surface area contributed by atoms with Gasteiger partial charge in [-0.2, -0.15) is 0 Å². The molecule has 1 saturated heterocycles. The monoisotopic (exact) mass is 496 g/mol. The zero-order valence-electron chi connectivity index (χ0n) is 20.3. The number of carbonyl (C=O) groups excluding carboxylic acids is 3. The highest BCUT2D eigenvalue weighted by Crippen LogP contribution is 2.28. The van der Waals surface area contributed by atoms with Gasteiger partial charge in [-0.3, -0.25) is 14.4 Å². The molecule has 2 amide bonds. The maximum absolute atomic E-state index is 13.8. The topological polar surface area (TPSA) is 103 Å². The summed E-state index contributed by atoms with van der Waals surface area (Å²) in [4.78, 5) is 44.4. The molecule has 4 rings (SSSR count). The lowest BCUT2D eigenvalue weighted by Crippen LogP contribution is -2.43. The summed E-state index contributed by atoms with van der Waals surface area (Å²) in [6, 6.07) is 9.43. The zero-order chi connectivity index (χ0) is 25.7. The van der Waals surface area contributed by atoms with Crippen molar-refractivity contribution in [1.29, 1.82) is 0 Å². The summed E-state index contributed by atoms with van der Waals surface area (Å²) in [6.07, 6.45) is 2.95. The summed E-state index contributed by atoms with van der Waals surface area (Å²) in [5.74, 6) is -1.64. The lowest BCUT2D eigenvalue weighted by atomic mass is 9.97. The first kappa shape index (κ1) is 25.3. The molecule has 0 radical (unpaired) electrons. The number of likely N-dealkylation sites (tertiary alicyclic amines) is 1. The van der Waals surface area contributed by atoms with E-state index in [1.54, 1.807) is 42.4 Å². The molecule has 1 fully saturated rings. The third-order valence-electron chi connectivity index (χ3n) is 6.10. The number of carbonyl (C=O) groups is 3. The lowest BCUT2D eigenvalue weighted by molar-refractivity contribution is -0.149. The van der Waals surface area contributed by atoms with Crippen molar-refractivity contribution < 1.29 is 28.2 Å². The number of methoxy groups -OCH3 is 1. The van der Waals surface area contributed by atoms with Gasteiger partial charge < -0.3 is 24.3 Å². The Bertz CT molecular complexity index is 1260. The SMILES string of the molecule is CCOC(=O)[C@H]1CCCN(C(=O)c2cc(NC(=O)COC)cc3ncn(Cc4ccc(F)cc4)c23)C1. The number of imidazole rings is 1. The standard InChI is InChI=1S/C26H29FN4O5/c1-3-36-26(34)18-5-4-10-30(14-18)25(33)21-11-20(29-23(32)15-35-2)12-22-24(21)31(16-28-22)13-17-6-8-19(27)9-7-17/h6-9,11-12,16,18H,3-5,10,13-15H2,1-2H3,(H,29,32)/t18-/m0/s1. The number of ether oxygens (including phenoxy) is 2. The molecule has 3 aromatic rings. The second-order valence-corrected chi connectivity index (χ2v) is 8.71. The molecule has 1 atom stereocenters. The van der Waals surface area contributed by atoms with Crippen LogP contribution in [-0.2, 0) is 25.6 Å². The average molecular weight is 497 g/mol. The molecule has 1 aliphatic heterocycles. The number of amides is 2. The van der Waals surface area contributed by atoms with E-state index in [1.165, 1.54) is 19.2 Å². The number of hydrogen-bond donors (Lipinski definition) is 1. The van der Waals surface area contributed by atoms with E-state index >= 15 is 0 Å². The number of hydrogen-bond acceptors (Lipinski definition) is 6. The van der Waals surface area contributed by atoms with Crippen molar-refractivity contribution in [3.05, 3.63) is 59.7 Å². The number of halogens is 1. The van der Waals surface area contributed by atoms with Crippen molar-refractivity contribution in [3.63, 3.8) is 0 Å². The van der Waals surface area contributed by atoms with Gasteiger partial charge in [-0.25, -0.2) is 9.37 Å². The van der Waals surface area contributed by atoms with E-state index in [0.717, 1.165) is 5.56 Å². The number of benzene rings is 2. The van der Waals surface area contributed by atoms with Gasteiger partial charge in [0.2, 0.25) is 5.91 Å². The van der Waals surface area contributed by atoms with Crippen LogP contribution in [0.25, 0.3) is 11.0 Å². The minimum Gasteiger partial charge on any atom is -0.466 e. The van der Waals surface area contributed by atoms with E-state index in [-0.39, 0.29) is 49.3 Å². The van der Waals surface area contributed by atoms with Crippen LogP contribution in [0, 0.1) is 11.7 Å². The molecule has 1 N–H and O–H groups in total. The van der Waals surface area contributed by atoms with E-state index in [9.17, 15) is 18.8 Å². The molecule has 36 heavy (non-hydrogen) atoms. The first-order valence-corrected chi connectivity index (χ1v) is 11.9. The molecule has 0 saturated carbocycles. The summed E-state index contributed by atoms with van der Waals surface area (Å²) < 4.78 is 25.3. The van der Waals surface area contributed by atoms with Crippen LogP contribution in [0.5, 0.6) is 0 Å². The maximum atomic E-state index is 13.8. The average Bonchev–Trinajstić information content (AvgIpc) is 3.27. The molecule has 0 bridgehead atoms. The predicted molar refractivity (Wildman–Crippen MR) is 131 cm³/mol. The second-order valence-electron chi connectivity index (χ2n) is 8.71. The van der Waals surface area contributed by atoms with Crippen molar-refractivity contribution in [2.24, 2.45) is 5.92 Å². The summed E-state index contributed by atoms with van der Waals surface area (Å²) in [7, 11) is 1.42. The fourth-order valence-corrected chi connectivity index (χ4v) is 4.46. The number of anilines is 1. The van der Waals surface area contributed by atoms with Crippen molar-refractivity contribution in [3.8, 4) is 0 Å². The Hall–Kier alpha value is -3.79. The van der Waals surface area contributed by atoms with E-state index in [0.29, 0.717) is 48.2 Å². The summed E-state index contributed by atoms with van der Waals surface area (Å²) >= 11 is 0. The predicted octanol–water partition coefficient (Wildman–Crippen LogP) is 3.22. The summed E-state index contributed by atoms with van der Waals surface area (Å²) in [5, 5.41) is 2.74. The van der Waals surface area contributed by atoms with Crippen molar-refractivity contribution in [2.45, 2.75) is 26.3 Å². The lowest BCUT2D eigenvalue weighted by Gasteiger charge is -2.32. The largest absolute Gasteiger partial charge is 0.466 e. The highest BCUT2D eigenvalue weighted by Gasteiger charge is 2.31. The Kier molecular flexibility index (Phi) is 7.94. The van der Waals surface area contributed by atoms with E-state index in [1.807, 2.05) is 4.57 Å². The minimum absolute atomic E-state index is 0.131. The van der Waals surface area contributed by atoms with Crippen LogP contribution in [0.4, 0.5) is 10.1 Å². The van der Waals surface area contributed by atoms with Crippen molar-refractivity contribution in [1.82, 2.24) is 14.5 Å². The Morgan fingerprint density at radius 3 is 2.69 bits per heavy atom. The molecule has 1 aliphatic rings. The van der Waals surface area contributed by atoms with Gasteiger partial charge in [0.25, 0.3) is 5.91 Å². The van der Waals surface area contributed by atoms with Crippen LogP contribution in [0.2, 0.25) is 0 Å². The molecule has 0 spiro atoms. The van der Waals surface area contributed by atoms with Crippen LogP contribution >= 0.6 is 0 Å². The van der Waals surface area contributed by atoms with Gasteiger partial charge in [0.05, 0.1) is 35.4 Å². The Labute approximate surface area is 208 Å². The molecular formula is C26H29FN4O5. The van der Waals surface area contributed by atoms with Gasteiger partial charge in [-0.1, -0.05) is 12.1 Å². The number of aromatic nitrogens is 2. The minimum atomic E-state index is -0.383. The quantitative estimate of drug-likeness (QED) is 0.481. The van der Waals surface area contributed by atoms with Crippen molar-refractivity contribution in [2.75, 3.05) is 38.7 Å². The van der Waals surface area contributed by atoms with E-state index in [4.69, 9.17) is 9.47 Å². The van der Waals surface area contributed by atoms with Gasteiger partial charge in [0.1, 0.15) is 12.4 Å². The second kappa shape index (κ2) is 11.3. The highest BCUT2D eigenvalue weighted by atomic mass is 19.1. The Morgan fingerprint density at radius 2 is 1.97 bits per heavy atom. The molecule has 0 unspecified atom stereocenters. The third kappa shape index (κ3) is 5.71. The molecule has 190 valence electrons. The van der Waals surface area contributed by atoms with Gasteiger partial charge >= 0.3 is 5.97 Å². The smallest absolute Gasteiger partial charge is 0.310 e. The molecule has 1 aromatic heterocycles. The summed E-state index contributed by atoms with van der Waals surface area (Å²) in [6.45, 7) is 3.04. The fourth-order valence-electron chi connectivity index (χ4n) is 4.46. The molecule has 10 heteroatoms. The van der Waals surface area contributed by atoms with E-state index in [2.05, 4.69) is 10.3 Å². The van der Waals surface area contributed by atoms with Gasteiger partial charge in [0, 0.05) is 32.4 Å². The third-order valence-corrected chi connectivity index (χ3v) is 6.10. The molecule has 0 aliphatic carbocycles. The number of esters is 1. The van der Waals surface area contributed by atoms with Crippen LogP contribution in [0.3, 0.4) is 0 Å². The summed E-state index contributed by atoms with van der Waals surface area (Å²) in [5.41, 5.74) is 2.72. The first-order chi connectivity index (χ1) is 17.4. The maximum Gasteiger partial charge on any atom is 0.310 e. The van der Waals surface area contributed by atoms with Gasteiger partial charge in [0.15, 0.2) is 0 Å². The fraction of sp³-hybridized carbons (Fsp3) is 0.385. The van der Waals surface area contributed by atoms with Crippen LogP contribution in [-0.4, -0.2) is 65.6 Å². The van der Waals surface area contributed by atoms with Gasteiger partial charge in [-0.15, -0.1) is 0 Å². The first-order valence-electron chi connectivity index (χ1n) is 11.9. The molecule has 2 aromatic carbocycles. The molecule has 9 nitrogen and oxygen atoms in total. The molecular weight excluding hydrogens is 467 g/mol. The van der Waals surface area contributed by atoms with Crippen LogP contribution < -0.4 is 5.32 Å². The molecule has 2 heterocycles. The van der Waals surface area contributed by atoms with Crippen LogP contribution in [0.1, 0.15) is 35.7 Å². The normalized spacial score (nSPS) is 15.6. The van der Waals surface area contributed by atoms with Crippen molar-refractivity contribution >= 4 is 34.5 Å². The highest BCUT2D eigenvalue weighted by molar-refractivity contribution is 6.07. The van der Waals surface area contributed by atoms with Gasteiger partial charge in [-0.05, 0) is 49.6 Å². The Morgan fingerprint density at radius 1 is 1.19 bits per heavy atom. The number of nitrogens with zero attached hydrogens (tertiary/aromatic N) is 3. The zero-order valence-corrected chi connectivity index (χ0v) is 20.3. The van der Waals surface area contributed by atoms with Crippen LogP contribution in [0.15, 0.2) is 42.7 Å². The number of rotatable bonds is 8. The number of fused-ring (bicyclic) bond motifs is 1. The number of nitrogens with one attached hydrogen (secondary N) is 1. The Balaban J connectivity index is 1.71. The number of piperidine rings is 1. The van der Waals surface area contributed by atoms with E-state index < -0.39 is 0 Å².